The predicted octanol–water partition coefficient (Wildman–Crippen LogP) is 0.288. The van der Waals surface area contributed by atoms with E-state index in [9.17, 15) is 4.79 Å². The van der Waals surface area contributed by atoms with E-state index >= 15 is 0 Å². The van der Waals surface area contributed by atoms with Crippen LogP contribution in [-0.4, -0.2) is 18.1 Å². The summed E-state index contributed by atoms with van der Waals surface area (Å²) >= 11 is 0. The van der Waals surface area contributed by atoms with Gasteiger partial charge in [0.15, 0.2) is 11.6 Å². The molecular weight excluding hydrogens is 192 g/mol. The minimum absolute atomic E-state index is 0.253. The normalized spacial score (nSPS) is 10.9. The Kier molecular flexibility index (Phi) is 2.80. The van der Waals surface area contributed by atoms with Crippen LogP contribution in [0.2, 0.25) is 0 Å². The van der Waals surface area contributed by atoms with Gasteiger partial charge in [0.2, 0.25) is 0 Å². The number of nitrogens with one attached hydrogen (secondary N) is 2. The number of H-pyrrole nitrogens is 1. The van der Waals surface area contributed by atoms with Crippen molar-refractivity contribution in [2.75, 3.05) is 7.05 Å². The first kappa shape index (κ1) is 11.2. The Hall–Kier alpha value is -1.83. The van der Waals surface area contributed by atoms with E-state index in [1.165, 1.54) is 7.05 Å². The van der Waals surface area contributed by atoms with Gasteiger partial charge in [-0.05, 0) is 0 Å². The Bertz CT molecular complexity index is 420. The van der Waals surface area contributed by atoms with Crippen LogP contribution in [0.15, 0.2) is 6.20 Å². The second-order valence-electron chi connectivity index (χ2n) is 4.23. The molecule has 0 aromatic carbocycles. The van der Waals surface area contributed by atoms with Gasteiger partial charge in [0.05, 0.1) is 6.20 Å². The molecule has 0 aliphatic heterocycles. The van der Waals surface area contributed by atoms with Crippen molar-refractivity contribution in [2.45, 2.75) is 26.3 Å². The summed E-state index contributed by atoms with van der Waals surface area (Å²) in [6, 6.07) is 2.04. The fraction of sp³-hybridized carbons (Fsp3) is 0.500. The Labute approximate surface area is 88.7 Å². The lowest BCUT2D eigenvalue weighted by atomic mass is 10.1. The molecule has 0 atom stereocenters. The van der Waals surface area contributed by atoms with Gasteiger partial charge in [0, 0.05) is 27.8 Å². The van der Waals surface area contributed by atoms with Crippen LogP contribution >= 0.6 is 0 Å². The molecular formula is C10H15N4O+. The number of nitrogens with zero attached hydrogens (tertiary/aromatic N) is 2. The lowest BCUT2D eigenvalue weighted by molar-refractivity contribution is -0.804. The first-order valence-electron chi connectivity index (χ1n) is 4.68. The van der Waals surface area contributed by atoms with Crippen LogP contribution in [0.3, 0.4) is 0 Å². The fourth-order valence-corrected chi connectivity index (χ4v) is 1.33. The first-order valence-corrected chi connectivity index (χ1v) is 4.68. The largest absolute Gasteiger partial charge is 0.355 e. The standard InChI is InChI=1S/C10H14N4O/c1-10(2,3)14-8(5-11)7(6-13-14)9(15)12-4/h6H,1-4H3,(H,12,15)/p+1. The molecule has 1 aromatic heterocycles. The van der Waals surface area contributed by atoms with Crippen molar-refractivity contribution >= 4 is 5.91 Å². The number of nitriles is 1. The molecule has 15 heavy (non-hydrogen) atoms. The molecule has 80 valence electrons. The lowest BCUT2D eigenvalue weighted by Crippen LogP contribution is -2.54. The maximum absolute atomic E-state index is 11.4. The van der Waals surface area contributed by atoms with Gasteiger partial charge in [-0.1, -0.05) is 4.68 Å². The molecule has 0 unspecified atom stereocenters. The topological polar surface area (TPSA) is 72.6 Å². The third-order valence-electron chi connectivity index (χ3n) is 2.07. The molecule has 0 saturated carbocycles. The average Bonchev–Trinajstić information content (AvgIpc) is 2.59. The molecule has 2 N–H and O–H groups in total. The molecule has 1 rings (SSSR count). The molecule has 0 aliphatic carbocycles. The summed E-state index contributed by atoms with van der Waals surface area (Å²) in [6.07, 6.45) is 1.54. The molecule has 0 spiro atoms. The van der Waals surface area contributed by atoms with Crippen molar-refractivity contribution in [1.29, 1.82) is 5.26 Å². The summed E-state index contributed by atoms with van der Waals surface area (Å²) in [5, 5.41) is 14.4. The first-order chi connectivity index (χ1) is 6.91. The van der Waals surface area contributed by atoms with Crippen LogP contribution in [0.5, 0.6) is 0 Å². The van der Waals surface area contributed by atoms with E-state index in [0.29, 0.717) is 11.3 Å². The highest BCUT2D eigenvalue weighted by molar-refractivity contribution is 5.95. The van der Waals surface area contributed by atoms with E-state index in [0.717, 1.165) is 0 Å². The number of hydrogen-bond donors (Lipinski definition) is 2. The van der Waals surface area contributed by atoms with E-state index in [4.69, 9.17) is 5.26 Å². The fourth-order valence-electron chi connectivity index (χ4n) is 1.33. The van der Waals surface area contributed by atoms with Gasteiger partial charge in [0.25, 0.3) is 5.91 Å². The van der Waals surface area contributed by atoms with E-state index in [-0.39, 0.29) is 11.4 Å². The Morgan fingerprint density at radius 3 is 2.60 bits per heavy atom. The van der Waals surface area contributed by atoms with Crippen molar-refractivity contribution in [2.24, 2.45) is 0 Å². The second-order valence-corrected chi connectivity index (χ2v) is 4.23. The second kappa shape index (κ2) is 3.73. The molecule has 5 nitrogen and oxygen atoms in total. The third kappa shape index (κ3) is 1.99. The molecule has 1 heterocycles. The van der Waals surface area contributed by atoms with Gasteiger partial charge in [-0.2, -0.15) is 10.4 Å². The van der Waals surface area contributed by atoms with Gasteiger partial charge in [-0.15, -0.1) is 0 Å². The number of aromatic nitrogens is 2. The number of carbonyl (C=O) groups excluding carboxylic acids is 1. The zero-order chi connectivity index (χ0) is 11.6. The molecule has 1 amide bonds. The van der Waals surface area contributed by atoms with Crippen molar-refractivity contribution in [1.82, 2.24) is 10.4 Å². The number of rotatable bonds is 1. The summed E-state index contributed by atoms with van der Waals surface area (Å²) in [6.45, 7) is 5.87. The van der Waals surface area contributed by atoms with E-state index in [2.05, 4.69) is 10.4 Å². The van der Waals surface area contributed by atoms with Gasteiger partial charge in [-0.3, -0.25) is 4.79 Å². The summed E-state index contributed by atoms with van der Waals surface area (Å²) in [4.78, 5) is 11.4. The highest BCUT2D eigenvalue weighted by Gasteiger charge is 2.32. The molecule has 0 saturated heterocycles. The summed E-state index contributed by atoms with van der Waals surface area (Å²) in [7, 11) is 1.54. The Morgan fingerprint density at radius 1 is 1.60 bits per heavy atom. The highest BCUT2D eigenvalue weighted by atomic mass is 16.1. The molecule has 0 bridgehead atoms. The smallest absolute Gasteiger partial charge is 0.321 e. The zero-order valence-electron chi connectivity index (χ0n) is 9.38. The van der Waals surface area contributed by atoms with E-state index in [1.807, 2.05) is 26.8 Å². The van der Waals surface area contributed by atoms with Crippen molar-refractivity contribution in [3.8, 4) is 6.07 Å². The van der Waals surface area contributed by atoms with Crippen LogP contribution in [-0.2, 0) is 5.54 Å². The third-order valence-corrected chi connectivity index (χ3v) is 2.07. The monoisotopic (exact) mass is 207 g/mol. The van der Waals surface area contributed by atoms with Crippen LogP contribution < -0.4 is 10.00 Å². The number of amides is 1. The van der Waals surface area contributed by atoms with Crippen LogP contribution in [0.1, 0.15) is 36.8 Å². The molecule has 1 aromatic rings. The number of hydrogen-bond acceptors (Lipinski definition) is 2. The summed E-state index contributed by atoms with van der Waals surface area (Å²) < 4.78 is 1.68. The summed E-state index contributed by atoms with van der Waals surface area (Å²) in [5.41, 5.74) is 0.467. The molecule has 0 aliphatic rings. The van der Waals surface area contributed by atoms with Crippen molar-refractivity contribution < 1.29 is 9.48 Å². The van der Waals surface area contributed by atoms with Gasteiger partial charge >= 0.3 is 5.69 Å². The number of aromatic amines is 1. The van der Waals surface area contributed by atoms with Crippen LogP contribution in [0.4, 0.5) is 0 Å². The minimum atomic E-state index is -0.259. The van der Waals surface area contributed by atoms with Crippen molar-refractivity contribution in [3.05, 3.63) is 17.5 Å². The Balaban J connectivity index is 3.32. The lowest BCUT2D eigenvalue weighted by Gasteiger charge is -2.09. The predicted molar refractivity (Wildman–Crippen MR) is 54.1 cm³/mol. The quantitative estimate of drug-likeness (QED) is 0.649. The maximum Gasteiger partial charge on any atom is 0.321 e. The van der Waals surface area contributed by atoms with E-state index < -0.39 is 0 Å². The number of carbonyl (C=O) groups is 1. The van der Waals surface area contributed by atoms with Crippen LogP contribution in [0, 0.1) is 11.3 Å². The Morgan fingerprint density at radius 2 is 2.20 bits per heavy atom. The maximum atomic E-state index is 11.4. The highest BCUT2D eigenvalue weighted by Crippen LogP contribution is 2.09. The van der Waals surface area contributed by atoms with E-state index in [1.54, 1.807) is 10.9 Å². The van der Waals surface area contributed by atoms with Gasteiger partial charge in [0.1, 0.15) is 5.56 Å². The molecule has 0 fully saturated rings. The van der Waals surface area contributed by atoms with Gasteiger partial charge in [-0.25, -0.2) is 0 Å². The summed E-state index contributed by atoms with van der Waals surface area (Å²) in [5.74, 6) is -0.259. The SMILES string of the molecule is CNC(=O)c1c[nH][n+](C(C)(C)C)c1C#N. The van der Waals surface area contributed by atoms with Gasteiger partial charge < -0.3 is 5.32 Å². The van der Waals surface area contributed by atoms with Crippen molar-refractivity contribution in [3.63, 3.8) is 0 Å². The zero-order valence-corrected chi connectivity index (χ0v) is 9.38. The minimum Gasteiger partial charge on any atom is -0.355 e. The molecule has 5 heteroatoms. The molecule has 0 radical (unpaired) electrons. The average molecular weight is 207 g/mol. The van der Waals surface area contributed by atoms with Crippen LogP contribution in [0.25, 0.3) is 0 Å².